The standard InChI is InChI=1S/C20H33NO10P2/c1-5-6-9-13-21(4)14-12-20(23)32(24,25)30-18(31-33(20,26)27)16-10-7-8-11-17(16)29-19(22)28-15(2)3/h7-8,10-11,15,18,23H,5-6,9,12-14H2,1-4H3,(H,24,25)(H,26,27). The number of carbonyl (C=O) groups excluding carboxylic acids is 1. The van der Waals surface area contributed by atoms with Crippen LogP contribution in [0.2, 0.25) is 0 Å². The molecule has 1 heterocycles. The molecule has 1 aromatic rings. The van der Waals surface area contributed by atoms with Gasteiger partial charge in [0.1, 0.15) is 5.75 Å². The molecule has 0 aliphatic carbocycles. The molecule has 0 amide bonds. The Morgan fingerprint density at radius 2 is 1.76 bits per heavy atom. The van der Waals surface area contributed by atoms with Crippen LogP contribution in [0.25, 0.3) is 0 Å². The summed E-state index contributed by atoms with van der Waals surface area (Å²) in [7, 11) is -8.46. The fourth-order valence-electron chi connectivity index (χ4n) is 3.16. The van der Waals surface area contributed by atoms with E-state index in [0.717, 1.165) is 19.3 Å². The summed E-state index contributed by atoms with van der Waals surface area (Å²) in [5, 5.41) is 7.81. The quantitative estimate of drug-likeness (QED) is 0.180. The molecule has 33 heavy (non-hydrogen) atoms. The lowest BCUT2D eigenvalue weighted by atomic mass is 10.2. The molecule has 0 spiro atoms. The average molecular weight is 509 g/mol. The number of unbranched alkanes of at least 4 members (excludes halogenated alkanes) is 2. The Bertz CT molecular complexity index is 883. The first-order valence-electron chi connectivity index (χ1n) is 10.7. The predicted octanol–water partition coefficient (Wildman–Crippen LogP) is 4.18. The minimum atomic E-state index is -5.10. The van der Waals surface area contributed by atoms with E-state index >= 15 is 0 Å². The van der Waals surface area contributed by atoms with Crippen LogP contribution in [0, 0.1) is 0 Å². The van der Waals surface area contributed by atoms with Crippen LogP contribution in [0.1, 0.15) is 58.3 Å². The van der Waals surface area contributed by atoms with Crippen LogP contribution >= 0.6 is 15.2 Å². The first-order valence-corrected chi connectivity index (χ1v) is 13.9. The number of rotatable bonds is 10. The summed E-state index contributed by atoms with van der Waals surface area (Å²) in [5.41, 5.74) is -0.0968. The van der Waals surface area contributed by atoms with Crippen molar-refractivity contribution in [1.82, 2.24) is 4.90 Å². The van der Waals surface area contributed by atoms with Crippen molar-refractivity contribution < 1.29 is 47.3 Å². The van der Waals surface area contributed by atoms with Crippen molar-refractivity contribution in [3.63, 3.8) is 0 Å². The van der Waals surface area contributed by atoms with E-state index in [9.17, 15) is 28.8 Å². The molecule has 13 heteroatoms. The van der Waals surface area contributed by atoms with E-state index in [1.807, 2.05) is 0 Å². The van der Waals surface area contributed by atoms with Gasteiger partial charge in [-0.05, 0) is 39.9 Å². The summed E-state index contributed by atoms with van der Waals surface area (Å²) in [5.74, 6) is -0.158. The summed E-state index contributed by atoms with van der Waals surface area (Å²) in [6, 6.07) is 5.65. The molecule has 1 fully saturated rings. The van der Waals surface area contributed by atoms with Gasteiger partial charge in [0.25, 0.3) is 5.08 Å². The van der Waals surface area contributed by atoms with E-state index in [1.54, 1.807) is 25.8 Å². The second-order valence-electron chi connectivity index (χ2n) is 8.17. The fraction of sp³-hybridized carbons (Fsp3) is 0.650. The van der Waals surface area contributed by atoms with Gasteiger partial charge in [0.15, 0.2) is 0 Å². The molecule has 1 saturated heterocycles. The summed E-state index contributed by atoms with van der Waals surface area (Å²) < 4.78 is 46.1. The zero-order chi connectivity index (χ0) is 24.9. The van der Waals surface area contributed by atoms with Gasteiger partial charge in [-0.1, -0.05) is 38.0 Å². The SMILES string of the molecule is CCCCCN(C)CCC1(O)P(=O)(O)OC(c2ccccc2OC(=O)OC(C)C)OP1(=O)O. The van der Waals surface area contributed by atoms with Crippen LogP contribution in [0.3, 0.4) is 0 Å². The lowest BCUT2D eigenvalue weighted by Crippen LogP contribution is -2.39. The molecule has 0 bridgehead atoms. The molecular formula is C20H33NO10P2. The summed E-state index contributed by atoms with van der Waals surface area (Å²) in [6.45, 7) is 6.00. The highest BCUT2D eigenvalue weighted by molar-refractivity contribution is 7.73. The molecule has 1 aromatic carbocycles. The molecule has 2 unspecified atom stereocenters. The van der Waals surface area contributed by atoms with Crippen LogP contribution in [-0.4, -0.2) is 57.3 Å². The van der Waals surface area contributed by atoms with Crippen LogP contribution < -0.4 is 4.74 Å². The van der Waals surface area contributed by atoms with Gasteiger partial charge in [-0.15, -0.1) is 0 Å². The maximum atomic E-state index is 13.0. The summed E-state index contributed by atoms with van der Waals surface area (Å²) in [6.07, 6.45) is -0.993. The van der Waals surface area contributed by atoms with E-state index in [-0.39, 0.29) is 17.9 Å². The molecule has 1 aliphatic heterocycles. The van der Waals surface area contributed by atoms with Gasteiger partial charge in [0.05, 0.1) is 11.7 Å². The van der Waals surface area contributed by atoms with Gasteiger partial charge in [-0.3, -0.25) is 18.2 Å². The molecule has 188 valence electrons. The zero-order valence-electron chi connectivity index (χ0n) is 19.2. The van der Waals surface area contributed by atoms with Gasteiger partial charge in [-0.25, -0.2) is 4.79 Å². The lowest BCUT2D eigenvalue weighted by molar-refractivity contribution is -0.0612. The predicted molar refractivity (Wildman–Crippen MR) is 120 cm³/mol. The molecule has 0 saturated carbocycles. The minimum absolute atomic E-state index is 0.0629. The molecular weight excluding hydrogens is 476 g/mol. The summed E-state index contributed by atoms with van der Waals surface area (Å²) >= 11 is 0. The molecule has 2 rings (SSSR count). The number of hydrogen-bond donors (Lipinski definition) is 3. The van der Waals surface area contributed by atoms with Gasteiger partial charge in [0, 0.05) is 13.0 Å². The number of para-hydroxylation sites is 1. The van der Waals surface area contributed by atoms with E-state index in [0.29, 0.717) is 6.54 Å². The van der Waals surface area contributed by atoms with Gasteiger partial charge in [0.2, 0.25) is 6.29 Å². The van der Waals surface area contributed by atoms with Crippen molar-refractivity contribution >= 4 is 21.3 Å². The largest absolute Gasteiger partial charge is 0.514 e. The Hall–Kier alpha value is -1.29. The Morgan fingerprint density at radius 1 is 1.15 bits per heavy atom. The van der Waals surface area contributed by atoms with E-state index in [4.69, 9.17) is 18.5 Å². The van der Waals surface area contributed by atoms with Crippen molar-refractivity contribution in [2.24, 2.45) is 0 Å². The highest BCUT2D eigenvalue weighted by atomic mass is 31.2. The van der Waals surface area contributed by atoms with Gasteiger partial charge >= 0.3 is 21.3 Å². The number of hydrogen-bond acceptors (Lipinski definition) is 9. The third kappa shape index (κ3) is 6.87. The van der Waals surface area contributed by atoms with Gasteiger partial charge < -0.3 is 29.3 Å². The van der Waals surface area contributed by atoms with E-state index < -0.39 is 45.2 Å². The van der Waals surface area contributed by atoms with Gasteiger partial charge in [-0.2, -0.15) is 0 Å². The fourth-order valence-corrected chi connectivity index (χ4v) is 6.73. The Labute approximate surface area is 193 Å². The van der Waals surface area contributed by atoms with Crippen molar-refractivity contribution in [3.8, 4) is 5.75 Å². The van der Waals surface area contributed by atoms with E-state index in [2.05, 4.69) is 6.92 Å². The zero-order valence-corrected chi connectivity index (χ0v) is 21.0. The van der Waals surface area contributed by atoms with Crippen LogP contribution in [0.4, 0.5) is 4.79 Å². The van der Waals surface area contributed by atoms with Crippen LogP contribution in [0.15, 0.2) is 24.3 Å². The average Bonchev–Trinajstić information content (AvgIpc) is 2.70. The smallest absolute Gasteiger partial charge is 0.431 e. The van der Waals surface area contributed by atoms with Crippen molar-refractivity contribution in [2.75, 3.05) is 20.1 Å². The Morgan fingerprint density at radius 3 is 2.33 bits per heavy atom. The monoisotopic (exact) mass is 509 g/mol. The molecule has 3 N–H and O–H groups in total. The number of benzene rings is 1. The number of ether oxygens (including phenoxy) is 2. The molecule has 11 nitrogen and oxygen atoms in total. The number of nitrogens with zero attached hydrogens (tertiary/aromatic N) is 1. The second kappa shape index (κ2) is 11.4. The third-order valence-electron chi connectivity index (χ3n) is 5.05. The first-order chi connectivity index (χ1) is 15.3. The van der Waals surface area contributed by atoms with Crippen molar-refractivity contribution in [1.29, 1.82) is 0 Å². The van der Waals surface area contributed by atoms with Crippen LogP contribution in [0.5, 0.6) is 5.75 Å². The molecule has 0 radical (unpaired) electrons. The topological polar surface area (TPSA) is 152 Å². The maximum absolute atomic E-state index is 13.0. The molecule has 0 aromatic heterocycles. The summed E-state index contributed by atoms with van der Waals surface area (Å²) in [4.78, 5) is 34.7. The molecule has 2 atom stereocenters. The number of carbonyl (C=O) groups is 1. The minimum Gasteiger partial charge on any atom is -0.431 e. The maximum Gasteiger partial charge on any atom is 0.514 e. The van der Waals surface area contributed by atoms with E-state index in [1.165, 1.54) is 24.3 Å². The highest BCUT2D eigenvalue weighted by Crippen LogP contribution is 2.79. The Kier molecular flexibility index (Phi) is 9.68. The van der Waals surface area contributed by atoms with Crippen molar-refractivity contribution in [3.05, 3.63) is 29.8 Å². The second-order valence-corrected chi connectivity index (χ2v) is 12.5. The lowest BCUT2D eigenvalue weighted by Gasteiger charge is -2.41. The highest BCUT2D eigenvalue weighted by Gasteiger charge is 2.67. The van der Waals surface area contributed by atoms with Crippen molar-refractivity contribution in [2.45, 2.75) is 63.9 Å². The number of aliphatic hydroxyl groups is 1. The molecule has 1 aliphatic rings. The van der Waals surface area contributed by atoms with Crippen LogP contribution in [-0.2, 0) is 22.9 Å². The third-order valence-corrected chi connectivity index (χ3v) is 9.78. The normalized spacial score (nSPS) is 29.9. The first kappa shape index (κ1) is 28.0. The Balaban J connectivity index is 2.22.